The molecule has 7 nitrogen and oxygen atoms in total. The molecular formula is C16H11Cl3N2O5. The lowest BCUT2D eigenvalue weighted by atomic mass is 10.1. The molecule has 0 fully saturated rings. The Morgan fingerprint density at radius 2 is 1.62 bits per heavy atom. The number of carbonyl (C=O) groups is 3. The van der Waals surface area contributed by atoms with Crippen LogP contribution in [0.5, 0.6) is 5.75 Å². The highest BCUT2D eigenvalue weighted by atomic mass is 35.5. The zero-order valence-corrected chi connectivity index (χ0v) is 15.2. The molecule has 2 aromatic carbocycles. The topological polar surface area (TPSA) is 107 Å². The van der Waals surface area contributed by atoms with Crippen molar-refractivity contribution in [3.05, 3.63) is 62.6 Å². The highest BCUT2D eigenvalue weighted by Crippen LogP contribution is 2.35. The number of amides is 3. The second kappa shape index (κ2) is 7.92. The Balaban J connectivity index is 0.00000243. The Bertz CT molecular complexity index is 868. The van der Waals surface area contributed by atoms with Gasteiger partial charge in [-0.15, -0.1) is 0 Å². The van der Waals surface area contributed by atoms with Crippen molar-refractivity contribution in [1.29, 1.82) is 0 Å². The fourth-order valence-electron chi connectivity index (χ4n) is 2.23. The minimum atomic E-state index is -0.721. The summed E-state index contributed by atoms with van der Waals surface area (Å²) in [5, 5.41) is 1.19. The maximum Gasteiger partial charge on any atom is 0.280 e. The van der Waals surface area contributed by atoms with Crippen LogP contribution in [0.2, 0.25) is 15.1 Å². The van der Waals surface area contributed by atoms with E-state index in [2.05, 4.69) is 5.43 Å². The van der Waals surface area contributed by atoms with E-state index in [1.807, 2.05) is 0 Å². The number of nitrogens with one attached hydrogen (secondary N) is 1. The standard InChI is InChI=1S/C16H9Cl3N2O4.H2O/c17-8-5-11(18)14(19)12(6-8)25-7-13(22)20-21-15(23)9-3-1-2-4-10(9)16(21)24;/h1-6H,7H2,(H,20,22);1H2. The molecule has 2 aromatic rings. The van der Waals surface area contributed by atoms with Gasteiger partial charge in [-0.2, -0.15) is 5.01 Å². The maximum atomic E-state index is 12.2. The molecule has 0 aromatic heterocycles. The van der Waals surface area contributed by atoms with Crippen LogP contribution >= 0.6 is 34.8 Å². The summed E-state index contributed by atoms with van der Waals surface area (Å²) in [6, 6.07) is 9.09. The van der Waals surface area contributed by atoms with Crippen molar-refractivity contribution in [2.24, 2.45) is 0 Å². The first kappa shape index (κ1) is 20.0. The van der Waals surface area contributed by atoms with Gasteiger partial charge in [0.15, 0.2) is 6.61 Å². The Morgan fingerprint density at radius 1 is 1.04 bits per heavy atom. The van der Waals surface area contributed by atoms with Crippen molar-refractivity contribution in [2.75, 3.05) is 6.61 Å². The van der Waals surface area contributed by atoms with E-state index in [-0.39, 0.29) is 37.4 Å². The Morgan fingerprint density at radius 3 is 2.19 bits per heavy atom. The van der Waals surface area contributed by atoms with E-state index in [9.17, 15) is 14.4 Å². The van der Waals surface area contributed by atoms with Crippen molar-refractivity contribution < 1.29 is 24.6 Å². The maximum absolute atomic E-state index is 12.2. The van der Waals surface area contributed by atoms with Gasteiger partial charge in [0, 0.05) is 11.1 Å². The van der Waals surface area contributed by atoms with Crippen molar-refractivity contribution >= 4 is 52.5 Å². The predicted molar refractivity (Wildman–Crippen MR) is 95.7 cm³/mol. The third kappa shape index (κ3) is 3.76. The van der Waals surface area contributed by atoms with Crippen LogP contribution in [-0.4, -0.2) is 34.8 Å². The molecule has 1 heterocycles. The Hall–Kier alpha value is -2.32. The summed E-state index contributed by atoms with van der Waals surface area (Å²) in [7, 11) is 0. The number of hydrogen-bond acceptors (Lipinski definition) is 4. The van der Waals surface area contributed by atoms with Gasteiger partial charge < -0.3 is 10.2 Å². The lowest BCUT2D eigenvalue weighted by Gasteiger charge is -2.15. The lowest BCUT2D eigenvalue weighted by Crippen LogP contribution is -2.47. The minimum Gasteiger partial charge on any atom is -0.482 e. The third-order valence-corrected chi connectivity index (χ3v) is 4.35. The van der Waals surface area contributed by atoms with Gasteiger partial charge in [0.25, 0.3) is 17.7 Å². The zero-order chi connectivity index (χ0) is 18.1. The molecule has 3 N–H and O–H groups in total. The zero-order valence-electron chi connectivity index (χ0n) is 12.9. The van der Waals surface area contributed by atoms with Crippen molar-refractivity contribution in [3.63, 3.8) is 0 Å². The van der Waals surface area contributed by atoms with Gasteiger partial charge in [0.05, 0.1) is 16.1 Å². The van der Waals surface area contributed by atoms with Crippen LogP contribution in [0.3, 0.4) is 0 Å². The fourth-order valence-corrected chi connectivity index (χ4v) is 2.87. The van der Waals surface area contributed by atoms with E-state index in [1.165, 1.54) is 24.3 Å². The summed E-state index contributed by atoms with van der Waals surface area (Å²) < 4.78 is 5.26. The van der Waals surface area contributed by atoms with Crippen LogP contribution in [0.25, 0.3) is 0 Å². The summed E-state index contributed by atoms with van der Waals surface area (Å²) in [5.41, 5.74) is 2.65. The van der Waals surface area contributed by atoms with Gasteiger partial charge in [-0.05, 0) is 18.2 Å². The number of halogens is 3. The summed E-state index contributed by atoms with van der Waals surface area (Å²) in [6.45, 7) is -0.496. The number of ether oxygens (including phenoxy) is 1. The molecule has 0 unspecified atom stereocenters. The molecule has 0 bridgehead atoms. The largest absolute Gasteiger partial charge is 0.482 e. The SMILES string of the molecule is O.O=C(COc1cc(Cl)cc(Cl)c1Cl)NN1C(=O)c2ccccc2C1=O. The molecule has 1 aliphatic heterocycles. The first-order chi connectivity index (χ1) is 11.9. The molecule has 3 rings (SSSR count). The number of imide groups is 1. The normalized spacial score (nSPS) is 12.5. The van der Waals surface area contributed by atoms with Crippen molar-refractivity contribution in [1.82, 2.24) is 10.4 Å². The van der Waals surface area contributed by atoms with Gasteiger partial charge in [-0.3, -0.25) is 19.8 Å². The van der Waals surface area contributed by atoms with E-state index < -0.39 is 24.3 Å². The molecule has 0 saturated heterocycles. The molecule has 136 valence electrons. The van der Waals surface area contributed by atoms with Crippen LogP contribution < -0.4 is 10.2 Å². The summed E-state index contributed by atoms with van der Waals surface area (Å²) in [4.78, 5) is 36.3. The van der Waals surface area contributed by atoms with Crippen LogP contribution in [0.1, 0.15) is 20.7 Å². The van der Waals surface area contributed by atoms with Gasteiger partial charge in [-0.1, -0.05) is 46.9 Å². The molecule has 0 radical (unpaired) electrons. The number of hydrazine groups is 1. The highest BCUT2D eigenvalue weighted by Gasteiger charge is 2.36. The van der Waals surface area contributed by atoms with Gasteiger partial charge in [0.2, 0.25) is 0 Å². The van der Waals surface area contributed by atoms with Gasteiger partial charge in [0.1, 0.15) is 10.8 Å². The fraction of sp³-hybridized carbons (Fsp3) is 0.0625. The van der Waals surface area contributed by atoms with Crippen LogP contribution in [0.4, 0.5) is 0 Å². The molecular weight excluding hydrogens is 407 g/mol. The average Bonchev–Trinajstić information content (AvgIpc) is 2.82. The smallest absolute Gasteiger partial charge is 0.280 e. The third-order valence-electron chi connectivity index (χ3n) is 3.35. The van der Waals surface area contributed by atoms with Crippen LogP contribution in [0, 0.1) is 0 Å². The Kier molecular flexibility index (Phi) is 6.09. The van der Waals surface area contributed by atoms with Crippen molar-refractivity contribution in [2.45, 2.75) is 0 Å². The first-order valence-electron chi connectivity index (χ1n) is 6.93. The van der Waals surface area contributed by atoms with Crippen LogP contribution in [0.15, 0.2) is 36.4 Å². The van der Waals surface area contributed by atoms with Gasteiger partial charge >= 0.3 is 0 Å². The van der Waals surface area contributed by atoms with Gasteiger partial charge in [-0.25, -0.2) is 0 Å². The number of carbonyl (C=O) groups excluding carboxylic acids is 3. The van der Waals surface area contributed by atoms with E-state index in [0.717, 1.165) is 0 Å². The molecule has 1 aliphatic rings. The van der Waals surface area contributed by atoms with E-state index in [1.54, 1.807) is 12.1 Å². The molecule has 0 saturated carbocycles. The molecule has 26 heavy (non-hydrogen) atoms. The second-order valence-electron chi connectivity index (χ2n) is 5.01. The predicted octanol–water partition coefficient (Wildman–Crippen LogP) is 2.53. The summed E-state index contributed by atoms with van der Waals surface area (Å²) >= 11 is 17.7. The quantitative estimate of drug-likeness (QED) is 0.609. The number of fused-ring (bicyclic) bond motifs is 1. The molecule has 0 atom stereocenters. The lowest BCUT2D eigenvalue weighted by molar-refractivity contribution is -0.126. The minimum absolute atomic E-state index is 0. The van der Waals surface area contributed by atoms with E-state index in [4.69, 9.17) is 39.5 Å². The molecule has 3 amide bonds. The Labute approximate surface area is 162 Å². The average molecular weight is 418 g/mol. The highest BCUT2D eigenvalue weighted by molar-refractivity contribution is 6.44. The van der Waals surface area contributed by atoms with Crippen LogP contribution in [-0.2, 0) is 4.79 Å². The van der Waals surface area contributed by atoms with E-state index >= 15 is 0 Å². The number of benzene rings is 2. The molecule has 0 aliphatic carbocycles. The number of rotatable bonds is 4. The number of nitrogens with zero attached hydrogens (tertiary/aromatic N) is 1. The first-order valence-corrected chi connectivity index (χ1v) is 8.06. The summed E-state index contributed by atoms with van der Waals surface area (Å²) in [6.07, 6.45) is 0. The molecule has 10 heteroatoms. The monoisotopic (exact) mass is 416 g/mol. The van der Waals surface area contributed by atoms with Crippen molar-refractivity contribution in [3.8, 4) is 5.75 Å². The number of hydrogen-bond donors (Lipinski definition) is 1. The van der Waals surface area contributed by atoms with E-state index in [0.29, 0.717) is 5.01 Å². The second-order valence-corrected chi connectivity index (χ2v) is 6.24. The summed E-state index contributed by atoms with van der Waals surface area (Å²) in [5.74, 6) is -1.84. The molecule has 0 spiro atoms.